The van der Waals surface area contributed by atoms with Crippen LogP contribution in [-0.4, -0.2) is 35.6 Å². The summed E-state index contributed by atoms with van der Waals surface area (Å²) in [7, 11) is -0.518. The number of benzene rings is 1. The van der Waals surface area contributed by atoms with Crippen molar-refractivity contribution >= 4 is 10.0 Å². The van der Waals surface area contributed by atoms with Crippen LogP contribution in [0.5, 0.6) is 0 Å². The highest BCUT2D eigenvalue weighted by atomic mass is 32.2. The Kier molecular flexibility index (Phi) is 4.94. The average Bonchev–Trinajstić information content (AvgIpc) is 2.27. The fourth-order valence-electron chi connectivity index (χ4n) is 1.45. The van der Waals surface area contributed by atoms with Gasteiger partial charge >= 0.3 is 6.18 Å². The summed E-state index contributed by atoms with van der Waals surface area (Å²) in [5, 5.41) is 0. The Hall–Kier alpha value is -1.12. The molecule has 1 aromatic rings. The van der Waals surface area contributed by atoms with Crippen molar-refractivity contribution in [2.24, 2.45) is 0 Å². The molecule has 4 nitrogen and oxygen atoms in total. The number of rotatable bonds is 5. The molecule has 1 rings (SSSR count). The lowest BCUT2D eigenvalue weighted by molar-refractivity contribution is -0.856. The smallest absolute Gasteiger partial charge is 0.339 e. The molecule has 19 heavy (non-hydrogen) atoms. The molecule has 0 spiro atoms. The fraction of sp³-hybridized carbons (Fsp3) is 0.455. The van der Waals surface area contributed by atoms with E-state index in [0.29, 0.717) is 6.54 Å². The summed E-state index contributed by atoms with van der Waals surface area (Å²) in [4.78, 5) is 0.253. The van der Waals surface area contributed by atoms with Crippen LogP contribution in [0.1, 0.15) is 5.56 Å². The number of nitrogens with one attached hydrogen (secondary N) is 2. The summed E-state index contributed by atoms with van der Waals surface area (Å²) in [6.45, 7) is 0.560. The molecule has 0 aliphatic carbocycles. The van der Waals surface area contributed by atoms with Gasteiger partial charge in [-0.1, -0.05) is 12.1 Å². The van der Waals surface area contributed by atoms with Crippen LogP contribution < -0.4 is 9.62 Å². The van der Waals surface area contributed by atoms with Crippen LogP contribution in [0, 0.1) is 0 Å². The minimum atomic E-state index is -4.70. The second-order valence-electron chi connectivity index (χ2n) is 4.35. The Morgan fingerprint density at radius 1 is 1.21 bits per heavy atom. The molecule has 108 valence electrons. The molecule has 0 aromatic heterocycles. The zero-order chi connectivity index (χ0) is 14.7. The highest BCUT2D eigenvalue weighted by Gasteiger charge is 2.36. The van der Waals surface area contributed by atoms with Gasteiger partial charge < -0.3 is 4.90 Å². The predicted molar refractivity (Wildman–Crippen MR) is 64.3 cm³/mol. The van der Waals surface area contributed by atoms with Crippen LogP contribution in [-0.2, 0) is 16.2 Å². The molecule has 0 fully saturated rings. The SMILES string of the molecule is C[NH+](C)CCNS(=O)(=O)c1ccccc1C(F)(F)F. The van der Waals surface area contributed by atoms with E-state index in [2.05, 4.69) is 4.72 Å². The topological polar surface area (TPSA) is 50.6 Å². The maximum absolute atomic E-state index is 12.7. The number of quaternary nitrogens is 1. The second kappa shape index (κ2) is 5.89. The van der Waals surface area contributed by atoms with Gasteiger partial charge in [0.05, 0.1) is 37.6 Å². The molecule has 0 aliphatic rings. The van der Waals surface area contributed by atoms with Crippen molar-refractivity contribution in [3.63, 3.8) is 0 Å². The first kappa shape index (κ1) is 15.9. The van der Waals surface area contributed by atoms with Crippen molar-refractivity contribution in [1.29, 1.82) is 0 Å². The van der Waals surface area contributed by atoms with Gasteiger partial charge in [0.25, 0.3) is 0 Å². The van der Waals surface area contributed by atoms with E-state index in [-0.39, 0.29) is 6.54 Å². The molecule has 0 radical (unpaired) electrons. The lowest BCUT2D eigenvalue weighted by Crippen LogP contribution is -3.06. The number of hydrogen-bond acceptors (Lipinski definition) is 2. The summed E-state index contributed by atoms with van der Waals surface area (Å²) >= 11 is 0. The van der Waals surface area contributed by atoms with Gasteiger partial charge in [-0.25, -0.2) is 13.1 Å². The molecule has 8 heteroatoms. The van der Waals surface area contributed by atoms with E-state index in [1.165, 1.54) is 6.07 Å². The monoisotopic (exact) mass is 297 g/mol. The van der Waals surface area contributed by atoms with Gasteiger partial charge in [0.1, 0.15) is 0 Å². The van der Waals surface area contributed by atoms with Crippen LogP contribution in [0.15, 0.2) is 29.2 Å². The minimum Gasteiger partial charge on any atom is -0.339 e. The van der Waals surface area contributed by atoms with Crippen LogP contribution in [0.25, 0.3) is 0 Å². The van der Waals surface area contributed by atoms with Crippen molar-refractivity contribution < 1.29 is 26.5 Å². The van der Waals surface area contributed by atoms with Crippen molar-refractivity contribution in [2.75, 3.05) is 27.2 Å². The van der Waals surface area contributed by atoms with Gasteiger partial charge in [-0.15, -0.1) is 0 Å². The summed E-state index contributed by atoms with van der Waals surface area (Å²) < 4.78 is 64.1. The number of alkyl halides is 3. The molecule has 0 saturated carbocycles. The largest absolute Gasteiger partial charge is 0.417 e. The maximum atomic E-state index is 12.7. The number of sulfonamides is 1. The van der Waals surface area contributed by atoms with Crippen molar-refractivity contribution in [2.45, 2.75) is 11.1 Å². The summed E-state index contributed by atoms with van der Waals surface area (Å²) in [5.74, 6) is 0. The molecule has 0 aliphatic heterocycles. The van der Waals surface area contributed by atoms with E-state index >= 15 is 0 Å². The first-order chi connectivity index (χ1) is 8.64. The normalized spacial score (nSPS) is 12.9. The fourth-order valence-corrected chi connectivity index (χ4v) is 2.71. The molecule has 0 amide bonds. The zero-order valence-corrected chi connectivity index (χ0v) is 11.4. The number of likely N-dealkylation sites (N-methyl/N-ethyl adjacent to an activating group) is 1. The molecular formula is C11H16F3N2O2S+. The van der Waals surface area contributed by atoms with Crippen molar-refractivity contribution in [3.8, 4) is 0 Å². The first-order valence-corrected chi connectivity index (χ1v) is 7.08. The highest BCUT2D eigenvalue weighted by molar-refractivity contribution is 7.89. The molecular weight excluding hydrogens is 281 g/mol. The van der Waals surface area contributed by atoms with Crippen LogP contribution in [0.2, 0.25) is 0 Å². The van der Waals surface area contributed by atoms with E-state index < -0.39 is 26.7 Å². The third-order valence-electron chi connectivity index (χ3n) is 2.40. The second-order valence-corrected chi connectivity index (χ2v) is 6.08. The Balaban J connectivity index is 3.02. The quantitative estimate of drug-likeness (QED) is 0.811. The lowest BCUT2D eigenvalue weighted by Gasteiger charge is -2.14. The standard InChI is InChI=1S/C11H15F3N2O2S/c1-16(2)8-7-15-19(17,18)10-6-4-3-5-9(10)11(12,13)14/h3-6,15H,7-8H2,1-2H3/p+1. The number of hydrogen-bond donors (Lipinski definition) is 2. The van der Waals surface area contributed by atoms with Gasteiger partial charge in [-0.2, -0.15) is 13.2 Å². The van der Waals surface area contributed by atoms with Gasteiger partial charge in [0.15, 0.2) is 0 Å². The van der Waals surface area contributed by atoms with Gasteiger partial charge in [0.2, 0.25) is 10.0 Å². The molecule has 0 heterocycles. The third kappa shape index (κ3) is 4.48. The van der Waals surface area contributed by atoms with E-state index in [4.69, 9.17) is 0 Å². The molecule has 2 N–H and O–H groups in total. The summed E-state index contributed by atoms with van der Waals surface area (Å²) in [6.07, 6.45) is -4.70. The first-order valence-electron chi connectivity index (χ1n) is 5.59. The van der Waals surface area contributed by atoms with Crippen molar-refractivity contribution in [3.05, 3.63) is 29.8 Å². The van der Waals surface area contributed by atoms with Crippen LogP contribution >= 0.6 is 0 Å². The van der Waals surface area contributed by atoms with E-state index in [0.717, 1.165) is 23.1 Å². The summed E-state index contributed by atoms with van der Waals surface area (Å²) in [6, 6.07) is 4.13. The molecule has 0 unspecified atom stereocenters. The Morgan fingerprint density at radius 2 is 1.79 bits per heavy atom. The molecule has 0 saturated heterocycles. The maximum Gasteiger partial charge on any atom is 0.417 e. The Morgan fingerprint density at radius 3 is 2.32 bits per heavy atom. The molecule has 1 aromatic carbocycles. The summed E-state index contributed by atoms with van der Waals surface area (Å²) in [5.41, 5.74) is -1.15. The van der Waals surface area contributed by atoms with Crippen LogP contribution in [0.4, 0.5) is 13.2 Å². The molecule has 0 bridgehead atoms. The highest BCUT2D eigenvalue weighted by Crippen LogP contribution is 2.33. The van der Waals surface area contributed by atoms with Gasteiger partial charge in [0, 0.05) is 0 Å². The zero-order valence-electron chi connectivity index (χ0n) is 10.6. The number of halogens is 3. The average molecular weight is 297 g/mol. The molecule has 0 atom stereocenters. The van der Waals surface area contributed by atoms with Gasteiger partial charge in [-0.3, -0.25) is 0 Å². The van der Waals surface area contributed by atoms with Gasteiger partial charge in [-0.05, 0) is 12.1 Å². The van der Waals surface area contributed by atoms with Crippen molar-refractivity contribution in [1.82, 2.24) is 4.72 Å². The van der Waals surface area contributed by atoms with Crippen LogP contribution in [0.3, 0.4) is 0 Å². The Labute approximate surface area is 110 Å². The lowest BCUT2D eigenvalue weighted by atomic mass is 10.2. The minimum absolute atomic E-state index is 0.0802. The van der Waals surface area contributed by atoms with E-state index in [1.54, 1.807) is 0 Å². The predicted octanol–water partition coefficient (Wildman–Crippen LogP) is 0.128. The third-order valence-corrected chi connectivity index (χ3v) is 3.92. The van der Waals surface area contributed by atoms with E-state index in [9.17, 15) is 21.6 Å². The Bertz CT molecular complexity index is 527. The van der Waals surface area contributed by atoms with E-state index in [1.807, 2.05) is 14.1 Å².